The standard InChI is InChI=1S/C15H25N3O2S/c1-10(2)14(17-11(3)19)15(20)16-8-13(18(4)5)12-6-7-21-9-12/h6-7,9-10,13-14H,8H2,1-5H3,(H,16,20)(H,17,19)/t13-,14+/m1/s1. The Hall–Kier alpha value is -1.40. The number of likely N-dealkylation sites (N-methyl/N-ethyl adjacent to an activating group) is 1. The van der Waals surface area contributed by atoms with Crippen molar-refractivity contribution < 1.29 is 9.59 Å². The van der Waals surface area contributed by atoms with Gasteiger partial charge in [-0.2, -0.15) is 11.3 Å². The van der Waals surface area contributed by atoms with Gasteiger partial charge in [0.2, 0.25) is 11.8 Å². The lowest BCUT2D eigenvalue weighted by Crippen LogP contribution is -2.50. The van der Waals surface area contributed by atoms with E-state index in [1.54, 1.807) is 11.3 Å². The van der Waals surface area contributed by atoms with Crippen molar-refractivity contribution in [3.05, 3.63) is 22.4 Å². The van der Waals surface area contributed by atoms with E-state index in [2.05, 4.69) is 27.0 Å². The van der Waals surface area contributed by atoms with Crippen LogP contribution in [0.5, 0.6) is 0 Å². The van der Waals surface area contributed by atoms with E-state index in [0.29, 0.717) is 6.54 Å². The first kappa shape index (κ1) is 17.7. The van der Waals surface area contributed by atoms with Gasteiger partial charge in [0.25, 0.3) is 0 Å². The van der Waals surface area contributed by atoms with Crippen LogP contribution in [0.15, 0.2) is 16.8 Å². The van der Waals surface area contributed by atoms with Gasteiger partial charge in [-0.05, 0) is 42.4 Å². The van der Waals surface area contributed by atoms with Gasteiger partial charge in [0, 0.05) is 13.5 Å². The molecular formula is C15H25N3O2S. The molecule has 0 bridgehead atoms. The molecule has 0 saturated heterocycles. The second kappa shape index (κ2) is 8.14. The number of amides is 2. The third-order valence-electron chi connectivity index (χ3n) is 3.33. The molecule has 5 nitrogen and oxygen atoms in total. The predicted molar refractivity (Wildman–Crippen MR) is 86.2 cm³/mol. The zero-order valence-electron chi connectivity index (χ0n) is 13.3. The summed E-state index contributed by atoms with van der Waals surface area (Å²) in [7, 11) is 3.98. The summed E-state index contributed by atoms with van der Waals surface area (Å²) in [6.07, 6.45) is 0. The fraction of sp³-hybridized carbons (Fsp3) is 0.600. The van der Waals surface area contributed by atoms with Gasteiger partial charge < -0.3 is 15.5 Å². The molecule has 0 aliphatic heterocycles. The summed E-state index contributed by atoms with van der Waals surface area (Å²) in [6, 6.07) is 1.70. The third-order valence-corrected chi connectivity index (χ3v) is 4.03. The Morgan fingerprint density at radius 2 is 2.00 bits per heavy atom. The van der Waals surface area contributed by atoms with Crippen molar-refractivity contribution in [3.8, 4) is 0 Å². The highest BCUT2D eigenvalue weighted by atomic mass is 32.1. The maximum Gasteiger partial charge on any atom is 0.242 e. The van der Waals surface area contributed by atoms with E-state index in [0.717, 1.165) is 0 Å². The Bertz CT molecular complexity index is 457. The van der Waals surface area contributed by atoms with Crippen LogP contribution < -0.4 is 10.6 Å². The minimum atomic E-state index is -0.493. The largest absolute Gasteiger partial charge is 0.352 e. The Balaban J connectivity index is 2.66. The van der Waals surface area contributed by atoms with Gasteiger partial charge >= 0.3 is 0 Å². The quantitative estimate of drug-likeness (QED) is 0.804. The molecule has 0 unspecified atom stereocenters. The molecule has 118 valence electrons. The highest BCUT2D eigenvalue weighted by molar-refractivity contribution is 7.07. The molecule has 1 rings (SSSR count). The Morgan fingerprint density at radius 3 is 2.43 bits per heavy atom. The lowest BCUT2D eigenvalue weighted by atomic mass is 10.0. The summed E-state index contributed by atoms with van der Waals surface area (Å²) in [4.78, 5) is 25.5. The number of carbonyl (C=O) groups excluding carboxylic acids is 2. The molecule has 0 spiro atoms. The van der Waals surface area contributed by atoms with Gasteiger partial charge in [-0.15, -0.1) is 0 Å². The minimum absolute atomic E-state index is 0.0489. The van der Waals surface area contributed by atoms with Gasteiger partial charge in [0.1, 0.15) is 6.04 Å². The summed E-state index contributed by atoms with van der Waals surface area (Å²) in [5.41, 5.74) is 1.19. The van der Waals surface area contributed by atoms with Crippen LogP contribution in [0, 0.1) is 5.92 Å². The number of hydrogen-bond donors (Lipinski definition) is 2. The van der Waals surface area contributed by atoms with E-state index >= 15 is 0 Å². The number of nitrogens with one attached hydrogen (secondary N) is 2. The maximum absolute atomic E-state index is 12.3. The fourth-order valence-corrected chi connectivity index (χ4v) is 2.83. The number of hydrogen-bond acceptors (Lipinski definition) is 4. The van der Waals surface area contributed by atoms with E-state index in [9.17, 15) is 9.59 Å². The summed E-state index contributed by atoms with van der Waals surface area (Å²) < 4.78 is 0. The molecule has 2 amide bonds. The van der Waals surface area contributed by atoms with Crippen LogP contribution in [0.25, 0.3) is 0 Å². The van der Waals surface area contributed by atoms with E-state index in [1.165, 1.54) is 12.5 Å². The molecule has 1 heterocycles. The number of thiophene rings is 1. The molecule has 6 heteroatoms. The van der Waals surface area contributed by atoms with Crippen molar-refractivity contribution in [1.29, 1.82) is 0 Å². The number of nitrogens with zero attached hydrogens (tertiary/aromatic N) is 1. The minimum Gasteiger partial charge on any atom is -0.352 e. The molecule has 2 N–H and O–H groups in total. The van der Waals surface area contributed by atoms with Crippen LogP contribution in [-0.2, 0) is 9.59 Å². The van der Waals surface area contributed by atoms with Crippen molar-refractivity contribution in [2.75, 3.05) is 20.6 Å². The van der Waals surface area contributed by atoms with Crippen molar-refractivity contribution in [1.82, 2.24) is 15.5 Å². The van der Waals surface area contributed by atoms with Crippen LogP contribution in [-0.4, -0.2) is 43.4 Å². The van der Waals surface area contributed by atoms with Crippen LogP contribution >= 0.6 is 11.3 Å². The smallest absolute Gasteiger partial charge is 0.242 e. The molecule has 21 heavy (non-hydrogen) atoms. The summed E-state index contributed by atoms with van der Waals surface area (Å²) in [5, 5.41) is 9.77. The molecule has 0 radical (unpaired) electrons. The van der Waals surface area contributed by atoms with Crippen LogP contribution in [0.3, 0.4) is 0 Å². The molecule has 0 fully saturated rings. The Labute approximate surface area is 130 Å². The van der Waals surface area contributed by atoms with E-state index in [-0.39, 0.29) is 23.8 Å². The lowest BCUT2D eigenvalue weighted by Gasteiger charge is -2.26. The molecule has 0 saturated carbocycles. The van der Waals surface area contributed by atoms with Gasteiger partial charge in [-0.1, -0.05) is 13.8 Å². The van der Waals surface area contributed by atoms with Gasteiger partial charge in [0.05, 0.1) is 6.04 Å². The van der Waals surface area contributed by atoms with E-state index in [4.69, 9.17) is 0 Å². The van der Waals surface area contributed by atoms with Gasteiger partial charge in [0.15, 0.2) is 0 Å². The average Bonchev–Trinajstić information content (AvgIpc) is 2.88. The summed E-state index contributed by atoms with van der Waals surface area (Å²) in [6.45, 7) is 5.78. The first-order valence-corrected chi connectivity index (χ1v) is 8.00. The molecular weight excluding hydrogens is 286 g/mol. The first-order valence-electron chi connectivity index (χ1n) is 7.06. The second-order valence-corrected chi connectivity index (χ2v) is 6.48. The van der Waals surface area contributed by atoms with Crippen molar-refractivity contribution in [2.24, 2.45) is 5.92 Å². The van der Waals surface area contributed by atoms with Crippen molar-refractivity contribution in [2.45, 2.75) is 32.9 Å². The summed E-state index contributed by atoms with van der Waals surface area (Å²) in [5.74, 6) is -0.277. The highest BCUT2D eigenvalue weighted by Gasteiger charge is 2.24. The van der Waals surface area contributed by atoms with Crippen LogP contribution in [0.4, 0.5) is 0 Å². The average molecular weight is 311 g/mol. The monoisotopic (exact) mass is 311 g/mol. The van der Waals surface area contributed by atoms with Crippen molar-refractivity contribution >= 4 is 23.2 Å². The topological polar surface area (TPSA) is 61.4 Å². The first-order chi connectivity index (χ1) is 9.82. The van der Waals surface area contributed by atoms with E-state index in [1.807, 2.05) is 33.3 Å². The fourth-order valence-electron chi connectivity index (χ4n) is 2.12. The summed E-state index contributed by atoms with van der Waals surface area (Å²) >= 11 is 1.64. The maximum atomic E-state index is 12.3. The highest BCUT2D eigenvalue weighted by Crippen LogP contribution is 2.20. The second-order valence-electron chi connectivity index (χ2n) is 5.70. The SMILES string of the molecule is CC(=O)N[C@H](C(=O)NC[C@H](c1ccsc1)N(C)C)C(C)C. The molecule has 2 atom stereocenters. The molecule has 0 aliphatic carbocycles. The molecule has 1 aromatic heterocycles. The Kier molecular flexibility index (Phi) is 6.84. The lowest BCUT2D eigenvalue weighted by molar-refractivity contribution is -0.129. The predicted octanol–water partition coefficient (Wildman–Crippen LogP) is 1.63. The number of rotatable bonds is 7. The van der Waals surface area contributed by atoms with Crippen LogP contribution in [0.1, 0.15) is 32.4 Å². The van der Waals surface area contributed by atoms with Crippen LogP contribution in [0.2, 0.25) is 0 Å². The van der Waals surface area contributed by atoms with Gasteiger partial charge in [-0.3, -0.25) is 9.59 Å². The van der Waals surface area contributed by atoms with Gasteiger partial charge in [-0.25, -0.2) is 0 Å². The molecule has 1 aromatic rings. The zero-order chi connectivity index (χ0) is 16.0. The van der Waals surface area contributed by atoms with E-state index < -0.39 is 6.04 Å². The number of carbonyl (C=O) groups is 2. The molecule has 0 aliphatic rings. The normalized spacial score (nSPS) is 14.0. The zero-order valence-corrected chi connectivity index (χ0v) is 14.2. The molecule has 0 aromatic carbocycles. The van der Waals surface area contributed by atoms with Crippen molar-refractivity contribution in [3.63, 3.8) is 0 Å². The third kappa shape index (κ3) is 5.47. The Morgan fingerprint density at radius 1 is 1.33 bits per heavy atom.